The van der Waals surface area contributed by atoms with E-state index in [4.69, 9.17) is 9.47 Å². The van der Waals surface area contributed by atoms with E-state index >= 15 is 0 Å². The molecule has 0 N–H and O–H groups in total. The van der Waals surface area contributed by atoms with Crippen molar-refractivity contribution in [3.05, 3.63) is 35.4 Å². The van der Waals surface area contributed by atoms with Crippen LogP contribution in [0.5, 0.6) is 11.5 Å². The summed E-state index contributed by atoms with van der Waals surface area (Å²) in [6.45, 7) is 4.97. The van der Waals surface area contributed by atoms with Crippen molar-refractivity contribution in [2.24, 2.45) is 0 Å². The molecule has 0 bridgehead atoms. The van der Waals surface area contributed by atoms with Crippen LogP contribution in [0.2, 0.25) is 0 Å². The lowest BCUT2D eigenvalue weighted by molar-refractivity contribution is -0.139. The summed E-state index contributed by atoms with van der Waals surface area (Å²) in [5, 5.41) is 0. The Kier molecular flexibility index (Phi) is 3.88. The van der Waals surface area contributed by atoms with Gasteiger partial charge in [0.2, 0.25) is 0 Å². The number of hydrogen-bond acceptors (Lipinski definition) is 4. The second-order valence-corrected chi connectivity index (χ2v) is 5.25. The van der Waals surface area contributed by atoms with Crippen LogP contribution in [0.1, 0.15) is 37.4 Å². The minimum atomic E-state index is -0.271. The van der Waals surface area contributed by atoms with Crippen molar-refractivity contribution >= 4 is 11.8 Å². The number of carbonyl (C=O) groups excluding carboxylic acids is 2. The Bertz CT molecular complexity index is 632. The second-order valence-electron chi connectivity index (χ2n) is 5.25. The summed E-state index contributed by atoms with van der Waals surface area (Å²) in [6.07, 6.45) is 4.13. The maximum atomic E-state index is 12.0. The van der Waals surface area contributed by atoms with E-state index in [0.717, 1.165) is 29.0 Å². The summed E-state index contributed by atoms with van der Waals surface area (Å²) in [4.78, 5) is 25.3. The summed E-state index contributed by atoms with van der Waals surface area (Å²) >= 11 is 0. The van der Waals surface area contributed by atoms with Gasteiger partial charge < -0.3 is 9.47 Å². The number of fused-ring (bicyclic) bond motifs is 1. The highest BCUT2D eigenvalue weighted by Gasteiger charge is 2.39. The van der Waals surface area contributed by atoms with Crippen molar-refractivity contribution in [1.82, 2.24) is 4.90 Å². The highest BCUT2D eigenvalue weighted by molar-refractivity contribution is 6.13. The van der Waals surface area contributed by atoms with Gasteiger partial charge in [-0.3, -0.25) is 14.5 Å². The average Bonchev–Trinajstić information content (AvgIpc) is 3.06. The van der Waals surface area contributed by atoms with Gasteiger partial charge in [-0.05, 0) is 38.8 Å². The molecule has 2 amide bonds. The Balaban J connectivity index is 2.05. The standard InChI is InChI=1S/C17H19NO4/c1-3-21-13-7-8-14(22-4-2)17-11(13)5-6-12(17)18-15(19)9-10-16(18)20/h7-10,12H,3-6H2,1-2H3/t12-/m0/s1. The second kappa shape index (κ2) is 5.83. The van der Waals surface area contributed by atoms with E-state index in [0.29, 0.717) is 19.6 Å². The van der Waals surface area contributed by atoms with Crippen LogP contribution in [0, 0.1) is 0 Å². The molecule has 5 heteroatoms. The number of ether oxygens (including phenoxy) is 2. The maximum absolute atomic E-state index is 12.0. The lowest BCUT2D eigenvalue weighted by Crippen LogP contribution is -2.33. The first-order valence-electron chi connectivity index (χ1n) is 7.64. The zero-order valence-corrected chi connectivity index (χ0v) is 12.8. The fraction of sp³-hybridized carbons (Fsp3) is 0.412. The van der Waals surface area contributed by atoms with Gasteiger partial charge >= 0.3 is 0 Å². The smallest absolute Gasteiger partial charge is 0.254 e. The molecule has 1 aliphatic heterocycles. The highest BCUT2D eigenvalue weighted by atomic mass is 16.5. The zero-order valence-electron chi connectivity index (χ0n) is 12.8. The SMILES string of the molecule is CCOc1ccc(OCC)c2c1CC[C@@H]2N1C(=O)C=CC1=O. The molecule has 1 heterocycles. The van der Waals surface area contributed by atoms with Gasteiger partial charge in [-0.2, -0.15) is 0 Å². The van der Waals surface area contributed by atoms with Crippen LogP contribution in [-0.2, 0) is 16.0 Å². The molecule has 22 heavy (non-hydrogen) atoms. The van der Waals surface area contributed by atoms with Crippen molar-refractivity contribution in [2.45, 2.75) is 32.7 Å². The third-order valence-corrected chi connectivity index (χ3v) is 4.03. The molecule has 2 aliphatic rings. The van der Waals surface area contributed by atoms with Crippen LogP contribution in [-0.4, -0.2) is 29.9 Å². The van der Waals surface area contributed by atoms with Crippen LogP contribution in [0.25, 0.3) is 0 Å². The molecule has 0 saturated heterocycles. The molecule has 0 aromatic heterocycles. The topological polar surface area (TPSA) is 55.8 Å². The molecular formula is C17H19NO4. The van der Waals surface area contributed by atoms with Crippen LogP contribution in [0.15, 0.2) is 24.3 Å². The van der Waals surface area contributed by atoms with Crippen molar-refractivity contribution in [3.8, 4) is 11.5 Å². The van der Waals surface area contributed by atoms with Gasteiger partial charge in [0.15, 0.2) is 0 Å². The van der Waals surface area contributed by atoms with Gasteiger partial charge in [0, 0.05) is 23.3 Å². The molecule has 0 fully saturated rings. The van der Waals surface area contributed by atoms with E-state index in [1.54, 1.807) is 0 Å². The first kappa shape index (κ1) is 14.6. The van der Waals surface area contributed by atoms with Crippen LogP contribution >= 0.6 is 0 Å². The quantitative estimate of drug-likeness (QED) is 0.784. The zero-order chi connectivity index (χ0) is 15.7. The lowest BCUT2D eigenvalue weighted by atomic mass is 10.0. The molecule has 0 radical (unpaired) electrons. The number of rotatable bonds is 5. The molecule has 3 rings (SSSR count). The fourth-order valence-corrected chi connectivity index (χ4v) is 3.22. The summed E-state index contributed by atoms with van der Waals surface area (Å²) < 4.78 is 11.4. The van der Waals surface area contributed by atoms with Crippen LogP contribution < -0.4 is 9.47 Å². The molecule has 5 nitrogen and oxygen atoms in total. The highest BCUT2D eigenvalue weighted by Crippen LogP contribution is 2.46. The van der Waals surface area contributed by atoms with E-state index in [1.807, 2.05) is 26.0 Å². The monoisotopic (exact) mass is 301 g/mol. The minimum absolute atomic E-state index is 0.257. The number of hydrogen-bond donors (Lipinski definition) is 0. The minimum Gasteiger partial charge on any atom is -0.494 e. The van der Waals surface area contributed by atoms with Crippen LogP contribution in [0.4, 0.5) is 0 Å². The Labute approximate surface area is 129 Å². The summed E-state index contributed by atoms with van der Waals surface area (Å²) in [6, 6.07) is 3.50. The largest absolute Gasteiger partial charge is 0.494 e. The van der Waals surface area contributed by atoms with Crippen molar-refractivity contribution in [2.75, 3.05) is 13.2 Å². The number of carbonyl (C=O) groups is 2. The Hall–Kier alpha value is -2.30. The first-order valence-corrected chi connectivity index (χ1v) is 7.64. The number of benzene rings is 1. The van der Waals surface area contributed by atoms with Crippen molar-refractivity contribution in [3.63, 3.8) is 0 Å². The molecule has 0 spiro atoms. The molecule has 0 unspecified atom stereocenters. The molecule has 1 aromatic carbocycles. The summed E-state index contributed by atoms with van der Waals surface area (Å²) in [5.41, 5.74) is 1.96. The van der Waals surface area contributed by atoms with Gasteiger partial charge in [0.05, 0.1) is 19.3 Å². The number of amides is 2. The van der Waals surface area contributed by atoms with Gasteiger partial charge in [-0.1, -0.05) is 0 Å². The van der Waals surface area contributed by atoms with Crippen molar-refractivity contribution < 1.29 is 19.1 Å². The molecule has 0 saturated carbocycles. The van der Waals surface area contributed by atoms with E-state index in [1.165, 1.54) is 17.1 Å². The molecule has 1 aromatic rings. The normalized spacial score (nSPS) is 19.7. The molecule has 1 aliphatic carbocycles. The first-order chi connectivity index (χ1) is 10.7. The molecule has 1 atom stereocenters. The summed E-state index contributed by atoms with van der Waals surface area (Å²) in [7, 11) is 0. The predicted molar refractivity (Wildman–Crippen MR) is 80.8 cm³/mol. The number of nitrogens with zero attached hydrogens (tertiary/aromatic N) is 1. The summed E-state index contributed by atoms with van der Waals surface area (Å²) in [5.74, 6) is 1.03. The lowest BCUT2D eigenvalue weighted by Gasteiger charge is -2.25. The van der Waals surface area contributed by atoms with E-state index < -0.39 is 0 Å². The Morgan fingerprint density at radius 3 is 2.27 bits per heavy atom. The average molecular weight is 301 g/mol. The number of imide groups is 1. The van der Waals surface area contributed by atoms with E-state index in [2.05, 4.69) is 0 Å². The van der Waals surface area contributed by atoms with Gasteiger partial charge in [-0.25, -0.2) is 0 Å². The predicted octanol–water partition coefficient (Wildman–Crippen LogP) is 2.40. The van der Waals surface area contributed by atoms with Gasteiger partial charge in [-0.15, -0.1) is 0 Å². The van der Waals surface area contributed by atoms with Crippen LogP contribution in [0.3, 0.4) is 0 Å². The molecular weight excluding hydrogens is 282 g/mol. The van der Waals surface area contributed by atoms with Gasteiger partial charge in [0.25, 0.3) is 11.8 Å². The van der Waals surface area contributed by atoms with E-state index in [-0.39, 0.29) is 17.9 Å². The molecule has 116 valence electrons. The van der Waals surface area contributed by atoms with E-state index in [9.17, 15) is 9.59 Å². The van der Waals surface area contributed by atoms with Crippen molar-refractivity contribution in [1.29, 1.82) is 0 Å². The third kappa shape index (κ3) is 2.26. The third-order valence-electron chi connectivity index (χ3n) is 4.03. The maximum Gasteiger partial charge on any atom is 0.254 e. The van der Waals surface area contributed by atoms with Gasteiger partial charge in [0.1, 0.15) is 11.5 Å². The fourth-order valence-electron chi connectivity index (χ4n) is 3.22. The Morgan fingerprint density at radius 1 is 1.05 bits per heavy atom. The Morgan fingerprint density at radius 2 is 1.64 bits per heavy atom.